The Balaban J connectivity index is 1.47. The molecule has 2 N–H and O–H groups in total. The van der Waals surface area contributed by atoms with Crippen LogP contribution in [0.25, 0.3) is 0 Å². The second kappa shape index (κ2) is 8.65. The summed E-state index contributed by atoms with van der Waals surface area (Å²) in [6.07, 6.45) is 5.39. The summed E-state index contributed by atoms with van der Waals surface area (Å²) in [6.45, 7) is 3.82. The molecule has 2 aromatic rings. The fraction of sp³-hybridized carbons (Fsp3) is 0.500. The van der Waals surface area contributed by atoms with Crippen LogP contribution < -0.4 is 10.6 Å². The SMILES string of the molecule is COC(=O)CC1CCC(c2ccc(N3C(=O)c4c(N)nc(C)nc4CC3C)cc2)CC1. The highest BCUT2D eigenvalue weighted by Gasteiger charge is 2.34. The Labute approximate surface area is 183 Å². The zero-order chi connectivity index (χ0) is 22.1. The van der Waals surface area contributed by atoms with Gasteiger partial charge in [0.25, 0.3) is 5.91 Å². The van der Waals surface area contributed by atoms with Crippen molar-refractivity contribution in [1.82, 2.24) is 9.97 Å². The molecular weight excluding hydrogens is 392 g/mol. The largest absolute Gasteiger partial charge is 0.469 e. The zero-order valence-corrected chi connectivity index (χ0v) is 18.4. The van der Waals surface area contributed by atoms with E-state index in [0.717, 1.165) is 37.1 Å². The van der Waals surface area contributed by atoms with Crippen molar-refractivity contribution in [2.24, 2.45) is 5.92 Å². The molecule has 1 aliphatic carbocycles. The molecule has 1 aromatic carbocycles. The molecule has 1 aliphatic heterocycles. The maximum atomic E-state index is 13.2. The Kier molecular flexibility index (Phi) is 5.94. The molecule has 164 valence electrons. The number of nitrogen functional groups attached to an aromatic ring is 1. The number of rotatable bonds is 4. The third-order valence-corrected chi connectivity index (χ3v) is 6.66. The van der Waals surface area contributed by atoms with E-state index >= 15 is 0 Å². The first-order valence-electron chi connectivity index (χ1n) is 11.0. The van der Waals surface area contributed by atoms with E-state index in [1.807, 2.05) is 19.1 Å². The number of methoxy groups -OCH3 is 1. The molecule has 1 saturated carbocycles. The maximum absolute atomic E-state index is 13.2. The molecule has 2 heterocycles. The molecule has 1 atom stereocenters. The third-order valence-electron chi connectivity index (χ3n) is 6.66. The molecule has 0 radical (unpaired) electrons. The number of carbonyl (C=O) groups excluding carboxylic acids is 2. The highest BCUT2D eigenvalue weighted by atomic mass is 16.5. The lowest BCUT2D eigenvalue weighted by Gasteiger charge is -2.35. The van der Waals surface area contributed by atoms with Crippen LogP contribution in [-0.2, 0) is 16.0 Å². The molecule has 1 unspecified atom stereocenters. The number of fused-ring (bicyclic) bond motifs is 1. The Bertz CT molecular complexity index is 981. The Morgan fingerprint density at radius 3 is 2.48 bits per heavy atom. The Morgan fingerprint density at radius 2 is 1.84 bits per heavy atom. The lowest BCUT2D eigenvalue weighted by Crippen LogP contribution is -2.45. The minimum atomic E-state index is -0.137. The fourth-order valence-corrected chi connectivity index (χ4v) is 5.02. The number of ether oxygens (including phenoxy) is 1. The second-order valence-corrected chi connectivity index (χ2v) is 8.80. The van der Waals surface area contributed by atoms with Crippen LogP contribution in [0.3, 0.4) is 0 Å². The summed E-state index contributed by atoms with van der Waals surface area (Å²) in [4.78, 5) is 35.2. The number of hydrogen-bond donors (Lipinski definition) is 1. The predicted octanol–water partition coefficient (Wildman–Crippen LogP) is 3.80. The number of esters is 1. The van der Waals surface area contributed by atoms with Crippen molar-refractivity contribution in [3.63, 3.8) is 0 Å². The molecule has 4 rings (SSSR count). The van der Waals surface area contributed by atoms with E-state index in [1.165, 1.54) is 12.7 Å². The average Bonchev–Trinajstić information content (AvgIpc) is 2.74. The quantitative estimate of drug-likeness (QED) is 0.753. The number of carbonyl (C=O) groups is 2. The molecule has 1 fully saturated rings. The number of nitrogens with zero attached hydrogens (tertiary/aromatic N) is 3. The molecular formula is C24H30N4O3. The lowest BCUT2D eigenvalue weighted by atomic mass is 9.77. The predicted molar refractivity (Wildman–Crippen MR) is 119 cm³/mol. The van der Waals surface area contributed by atoms with E-state index in [1.54, 1.807) is 11.8 Å². The van der Waals surface area contributed by atoms with Crippen molar-refractivity contribution in [3.05, 3.63) is 46.9 Å². The van der Waals surface area contributed by atoms with Crippen molar-refractivity contribution in [2.45, 2.75) is 64.3 Å². The first-order chi connectivity index (χ1) is 14.9. The van der Waals surface area contributed by atoms with E-state index in [9.17, 15) is 9.59 Å². The van der Waals surface area contributed by atoms with Crippen molar-refractivity contribution in [1.29, 1.82) is 0 Å². The number of benzene rings is 1. The molecule has 1 aromatic heterocycles. The summed E-state index contributed by atoms with van der Waals surface area (Å²) < 4.78 is 4.80. The third kappa shape index (κ3) is 4.27. The number of hydrogen-bond acceptors (Lipinski definition) is 6. The van der Waals surface area contributed by atoms with Gasteiger partial charge in [-0.3, -0.25) is 9.59 Å². The highest BCUT2D eigenvalue weighted by Crippen LogP contribution is 2.38. The van der Waals surface area contributed by atoms with Gasteiger partial charge < -0.3 is 15.4 Å². The second-order valence-electron chi connectivity index (χ2n) is 8.80. The Morgan fingerprint density at radius 1 is 1.16 bits per heavy atom. The van der Waals surface area contributed by atoms with Crippen molar-refractivity contribution in [2.75, 3.05) is 17.7 Å². The number of aromatic nitrogens is 2. The van der Waals surface area contributed by atoms with Crippen LogP contribution in [0.15, 0.2) is 24.3 Å². The fourth-order valence-electron chi connectivity index (χ4n) is 5.02. The Hall–Kier alpha value is -2.96. The average molecular weight is 423 g/mol. The van der Waals surface area contributed by atoms with E-state index in [0.29, 0.717) is 36.1 Å². The molecule has 7 nitrogen and oxygen atoms in total. The first kappa shape index (κ1) is 21.3. The molecule has 31 heavy (non-hydrogen) atoms. The van der Waals surface area contributed by atoms with E-state index in [4.69, 9.17) is 10.5 Å². The number of amides is 1. The van der Waals surface area contributed by atoms with Gasteiger partial charge in [-0.25, -0.2) is 9.97 Å². The van der Waals surface area contributed by atoms with Crippen LogP contribution in [0.1, 0.15) is 72.4 Å². The smallest absolute Gasteiger partial charge is 0.305 e. The van der Waals surface area contributed by atoms with Crippen molar-refractivity contribution in [3.8, 4) is 0 Å². The summed E-state index contributed by atoms with van der Waals surface area (Å²) in [5.41, 5.74) is 9.38. The van der Waals surface area contributed by atoms with E-state index < -0.39 is 0 Å². The van der Waals surface area contributed by atoms with Gasteiger partial charge in [-0.05, 0) is 69.1 Å². The van der Waals surface area contributed by atoms with Gasteiger partial charge in [-0.15, -0.1) is 0 Å². The summed E-state index contributed by atoms with van der Waals surface area (Å²) in [6, 6.07) is 8.31. The molecule has 1 amide bonds. The van der Waals surface area contributed by atoms with Gasteiger partial charge in [0.15, 0.2) is 0 Å². The van der Waals surface area contributed by atoms with Crippen LogP contribution in [0, 0.1) is 12.8 Å². The minimum Gasteiger partial charge on any atom is -0.469 e. The monoisotopic (exact) mass is 422 g/mol. The first-order valence-corrected chi connectivity index (χ1v) is 11.0. The van der Waals surface area contributed by atoms with Gasteiger partial charge in [-0.1, -0.05) is 12.1 Å². The summed E-state index contributed by atoms with van der Waals surface area (Å²) in [7, 11) is 1.45. The van der Waals surface area contributed by atoms with Gasteiger partial charge in [0.05, 0.1) is 12.8 Å². The number of anilines is 2. The van der Waals surface area contributed by atoms with Gasteiger partial charge >= 0.3 is 5.97 Å². The van der Waals surface area contributed by atoms with Gasteiger partial charge in [0.2, 0.25) is 0 Å². The molecule has 2 aliphatic rings. The molecule has 0 saturated heterocycles. The standard InChI is InChI=1S/C24H30N4O3/c1-14-12-20-22(23(25)27-15(2)26-20)24(30)28(14)19-10-8-18(9-11-19)17-6-4-16(5-7-17)13-21(29)31-3/h8-11,14,16-17H,4-7,12-13H2,1-3H3,(H2,25,26,27). The van der Waals surface area contributed by atoms with Gasteiger partial charge in [0, 0.05) is 24.6 Å². The van der Waals surface area contributed by atoms with E-state index in [2.05, 4.69) is 22.1 Å². The van der Waals surface area contributed by atoms with Gasteiger partial charge in [-0.2, -0.15) is 0 Å². The summed E-state index contributed by atoms with van der Waals surface area (Å²) >= 11 is 0. The van der Waals surface area contributed by atoms with Gasteiger partial charge in [0.1, 0.15) is 17.2 Å². The highest BCUT2D eigenvalue weighted by molar-refractivity contribution is 6.11. The molecule has 7 heteroatoms. The van der Waals surface area contributed by atoms with Crippen molar-refractivity contribution < 1.29 is 14.3 Å². The normalized spacial score (nSPS) is 23.4. The van der Waals surface area contributed by atoms with Crippen LogP contribution >= 0.6 is 0 Å². The van der Waals surface area contributed by atoms with Crippen LogP contribution in [0.4, 0.5) is 11.5 Å². The minimum absolute atomic E-state index is 0.00619. The topological polar surface area (TPSA) is 98.4 Å². The maximum Gasteiger partial charge on any atom is 0.305 e. The zero-order valence-electron chi connectivity index (χ0n) is 18.4. The van der Waals surface area contributed by atoms with E-state index in [-0.39, 0.29) is 23.7 Å². The van der Waals surface area contributed by atoms with Crippen LogP contribution in [-0.4, -0.2) is 35.0 Å². The number of aryl methyl sites for hydroxylation is 1. The van der Waals surface area contributed by atoms with Crippen LogP contribution in [0.5, 0.6) is 0 Å². The summed E-state index contributed by atoms with van der Waals surface area (Å²) in [5.74, 6) is 1.51. The molecule has 0 spiro atoms. The van der Waals surface area contributed by atoms with Crippen molar-refractivity contribution >= 4 is 23.4 Å². The molecule has 0 bridgehead atoms. The lowest BCUT2D eigenvalue weighted by molar-refractivity contribution is -0.142. The number of nitrogens with two attached hydrogens (primary N) is 1. The summed E-state index contributed by atoms with van der Waals surface area (Å²) in [5, 5.41) is 0. The van der Waals surface area contributed by atoms with Crippen LogP contribution in [0.2, 0.25) is 0 Å².